The van der Waals surface area contributed by atoms with Gasteiger partial charge in [0, 0.05) is 37.1 Å². The minimum Gasteiger partial charge on any atom is -0.310 e. The molecule has 1 nitrogen and oxygen atoms in total. The summed E-state index contributed by atoms with van der Waals surface area (Å²) < 4.78 is 2.67. The van der Waals surface area contributed by atoms with Gasteiger partial charge in [0.15, 0.2) is 0 Å². The van der Waals surface area contributed by atoms with Gasteiger partial charge in [0.05, 0.1) is 5.69 Å². The highest BCUT2D eigenvalue weighted by Gasteiger charge is 2.19. The molecule has 9 rings (SSSR count). The number of rotatable bonds is 5. The Balaban J connectivity index is 1.20. The summed E-state index contributed by atoms with van der Waals surface area (Å²) in [6, 6.07) is 63.8. The Kier molecular flexibility index (Phi) is 6.40. The second kappa shape index (κ2) is 11.0. The van der Waals surface area contributed by atoms with Gasteiger partial charge < -0.3 is 4.90 Å². The van der Waals surface area contributed by atoms with Gasteiger partial charge in [-0.2, -0.15) is 0 Å². The first-order valence-corrected chi connectivity index (χ1v) is 16.5. The van der Waals surface area contributed by atoms with E-state index in [0.29, 0.717) is 0 Å². The normalized spacial score (nSPS) is 11.5. The third-order valence-electron chi connectivity index (χ3n) is 9.08. The third kappa shape index (κ3) is 4.38. The van der Waals surface area contributed by atoms with E-state index in [4.69, 9.17) is 0 Å². The lowest BCUT2D eigenvalue weighted by atomic mass is 9.93. The fourth-order valence-corrected chi connectivity index (χ4v) is 8.18. The van der Waals surface area contributed by atoms with E-state index < -0.39 is 0 Å². The molecule has 0 bridgehead atoms. The van der Waals surface area contributed by atoms with Crippen molar-refractivity contribution in [3.63, 3.8) is 0 Å². The van der Waals surface area contributed by atoms with Gasteiger partial charge in [0.1, 0.15) is 0 Å². The topological polar surface area (TPSA) is 3.24 Å². The number of fused-ring (bicyclic) bond motifs is 6. The molecule has 1 aromatic heterocycles. The molecule has 0 amide bonds. The molecule has 0 N–H and O–H groups in total. The second-order valence-electron chi connectivity index (χ2n) is 11.7. The Morgan fingerprint density at radius 3 is 1.85 bits per heavy atom. The van der Waals surface area contributed by atoms with Crippen molar-refractivity contribution in [1.29, 1.82) is 0 Å². The molecule has 0 atom stereocenters. The standard InChI is InChI=1S/C44H29NS/c1-2-13-32(14-3-1)45(33-27-24-31(25-28-33)35-18-10-21-41-40-17-7-9-23-43(40)46-44(35)41)42-22-8-6-16-39(42)37-20-11-19-36-34-15-5-4-12-30(34)26-29-38(36)37/h1-29H. The maximum Gasteiger partial charge on any atom is 0.0540 e. The molecule has 46 heavy (non-hydrogen) atoms. The number of hydrogen-bond acceptors (Lipinski definition) is 2. The summed E-state index contributed by atoms with van der Waals surface area (Å²) in [6.07, 6.45) is 0. The van der Waals surface area contributed by atoms with Crippen LogP contribution in [-0.2, 0) is 0 Å². The van der Waals surface area contributed by atoms with E-state index in [1.807, 2.05) is 11.3 Å². The smallest absolute Gasteiger partial charge is 0.0540 e. The van der Waals surface area contributed by atoms with Crippen LogP contribution in [0.1, 0.15) is 0 Å². The Labute approximate surface area is 272 Å². The Hall–Kier alpha value is -5.70. The first-order valence-electron chi connectivity index (χ1n) is 15.7. The molecule has 9 aromatic rings. The summed E-state index contributed by atoms with van der Waals surface area (Å²) in [6.45, 7) is 0. The van der Waals surface area contributed by atoms with E-state index in [0.717, 1.165) is 17.1 Å². The van der Waals surface area contributed by atoms with E-state index in [1.165, 1.54) is 64.0 Å². The van der Waals surface area contributed by atoms with Gasteiger partial charge in [-0.05, 0) is 74.6 Å². The lowest BCUT2D eigenvalue weighted by Gasteiger charge is -2.28. The van der Waals surface area contributed by atoms with Crippen LogP contribution in [0, 0.1) is 0 Å². The lowest BCUT2D eigenvalue weighted by Crippen LogP contribution is -2.11. The van der Waals surface area contributed by atoms with Crippen LogP contribution in [0.2, 0.25) is 0 Å². The number of anilines is 3. The third-order valence-corrected chi connectivity index (χ3v) is 10.3. The summed E-state index contributed by atoms with van der Waals surface area (Å²) >= 11 is 1.88. The summed E-state index contributed by atoms with van der Waals surface area (Å²) in [5.74, 6) is 0. The van der Waals surface area contributed by atoms with Crippen molar-refractivity contribution in [2.45, 2.75) is 0 Å². The molecule has 8 aromatic carbocycles. The van der Waals surface area contributed by atoms with Gasteiger partial charge in [-0.3, -0.25) is 0 Å². The zero-order valence-electron chi connectivity index (χ0n) is 25.1. The molecule has 1 heterocycles. The van der Waals surface area contributed by atoms with Crippen LogP contribution in [0.5, 0.6) is 0 Å². The van der Waals surface area contributed by atoms with Crippen LogP contribution < -0.4 is 4.90 Å². The first kappa shape index (κ1) is 26.7. The maximum absolute atomic E-state index is 2.39. The van der Waals surface area contributed by atoms with Crippen LogP contribution in [0.3, 0.4) is 0 Å². The average molecular weight is 604 g/mol. The fourth-order valence-electron chi connectivity index (χ4n) is 6.94. The van der Waals surface area contributed by atoms with Gasteiger partial charge in [-0.15, -0.1) is 11.3 Å². The highest BCUT2D eigenvalue weighted by atomic mass is 32.1. The van der Waals surface area contributed by atoms with Crippen molar-refractivity contribution < 1.29 is 0 Å². The average Bonchev–Trinajstić information content (AvgIpc) is 3.52. The molecule has 0 spiro atoms. The van der Waals surface area contributed by atoms with Crippen LogP contribution >= 0.6 is 11.3 Å². The SMILES string of the molecule is c1ccc(N(c2ccc(-c3cccc4c3sc3ccccc34)cc2)c2ccccc2-c2cccc3c2ccc2ccccc23)cc1. The Morgan fingerprint density at radius 1 is 0.348 bits per heavy atom. The monoisotopic (exact) mass is 603 g/mol. The predicted molar refractivity (Wildman–Crippen MR) is 200 cm³/mol. The zero-order valence-corrected chi connectivity index (χ0v) is 25.9. The van der Waals surface area contributed by atoms with E-state index >= 15 is 0 Å². The van der Waals surface area contributed by atoms with Gasteiger partial charge in [-0.1, -0.05) is 140 Å². The van der Waals surface area contributed by atoms with E-state index in [1.54, 1.807) is 0 Å². The highest BCUT2D eigenvalue weighted by molar-refractivity contribution is 7.26. The summed E-state index contributed by atoms with van der Waals surface area (Å²) in [7, 11) is 0. The molecule has 0 aliphatic rings. The molecule has 0 radical (unpaired) electrons. The Bertz CT molecular complexity index is 2530. The molecular weight excluding hydrogens is 575 g/mol. The number of para-hydroxylation sites is 2. The molecule has 0 saturated carbocycles. The van der Waals surface area contributed by atoms with Crippen LogP contribution in [0.4, 0.5) is 17.1 Å². The molecule has 0 saturated heterocycles. The molecule has 2 heteroatoms. The Morgan fingerprint density at radius 2 is 0.978 bits per heavy atom. The molecule has 0 fully saturated rings. The minimum atomic E-state index is 1.12. The summed E-state index contributed by atoms with van der Waals surface area (Å²) in [5.41, 5.74) is 8.33. The van der Waals surface area contributed by atoms with Crippen LogP contribution in [0.15, 0.2) is 176 Å². The number of thiophene rings is 1. The van der Waals surface area contributed by atoms with Crippen molar-refractivity contribution in [3.05, 3.63) is 176 Å². The number of hydrogen-bond donors (Lipinski definition) is 0. The second-order valence-corrected chi connectivity index (χ2v) is 12.8. The van der Waals surface area contributed by atoms with Crippen LogP contribution in [0.25, 0.3) is 64.0 Å². The minimum absolute atomic E-state index is 1.12. The highest BCUT2D eigenvalue weighted by Crippen LogP contribution is 2.45. The van der Waals surface area contributed by atoms with E-state index in [-0.39, 0.29) is 0 Å². The quantitative estimate of drug-likeness (QED) is 0.177. The van der Waals surface area contributed by atoms with Crippen molar-refractivity contribution in [1.82, 2.24) is 0 Å². The van der Waals surface area contributed by atoms with Gasteiger partial charge in [0.2, 0.25) is 0 Å². The summed E-state index contributed by atoms with van der Waals surface area (Å²) in [4.78, 5) is 2.39. The number of benzene rings is 8. The largest absolute Gasteiger partial charge is 0.310 e. The van der Waals surface area contributed by atoms with Crippen molar-refractivity contribution in [2.75, 3.05) is 4.90 Å². The molecule has 0 aliphatic heterocycles. The fraction of sp³-hybridized carbons (Fsp3) is 0. The van der Waals surface area contributed by atoms with Gasteiger partial charge >= 0.3 is 0 Å². The molecule has 216 valence electrons. The maximum atomic E-state index is 2.39. The molecule has 0 aliphatic carbocycles. The molecule has 0 unspecified atom stereocenters. The van der Waals surface area contributed by atoms with Crippen molar-refractivity contribution in [3.8, 4) is 22.3 Å². The predicted octanol–water partition coefficient (Wildman–Crippen LogP) is 13.2. The molecular formula is C44H29NS. The first-order chi connectivity index (χ1) is 22.8. The van der Waals surface area contributed by atoms with Gasteiger partial charge in [0.25, 0.3) is 0 Å². The van der Waals surface area contributed by atoms with E-state index in [2.05, 4.69) is 181 Å². The summed E-state index contributed by atoms with van der Waals surface area (Å²) in [5, 5.41) is 7.73. The van der Waals surface area contributed by atoms with E-state index in [9.17, 15) is 0 Å². The van der Waals surface area contributed by atoms with Crippen molar-refractivity contribution in [2.24, 2.45) is 0 Å². The van der Waals surface area contributed by atoms with Crippen LogP contribution in [-0.4, -0.2) is 0 Å². The van der Waals surface area contributed by atoms with Gasteiger partial charge in [-0.25, -0.2) is 0 Å². The number of nitrogens with zero attached hydrogens (tertiary/aromatic N) is 1. The zero-order chi connectivity index (χ0) is 30.5. The van der Waals surface area contributed by atoms with Crippen molar-refractivity contribution >= 4 is 70.1 Å². The lowest BCUT2D eigenvalue weighted by molar-refractivity contribution is 1.28.